The van der Waals surface area contributed by atoms with Crippen LogP contribution in [0.25, 0.3) is 0 Å². The fourth-order valence-electron chi connectivity index (χ4n) is 2.31. The van der Waals surface area contributed by atoms with Gasteiger partial charge in [0.05, 0.1) is 17.2 Å². The van der Waals surface area contributed by atoms with Gasteiger partial charge in [0.15, 0.2) is 0 Å². The molecule has 112 valence electrons. The van der Waals surface area contributed by atoms with Crippen molar-refractivity contribution in [2.24, 2.45) is 0 Å². The van der Waals surface area contributed by atoms with Gasteiger partial charge < -0.3 is 10.1 Å². The number of hydrogen-bond acceptors (Lipinski definition) is 2. The van der Waals surface area contributed by atoms with E-state index in [0.717, 1.165) is 29.8 Å². The van der Waals surface area contributed by atoms with Gasteiger partial charge >= 0.3 is 0 Å². The Balaban J connectivity index is 2.10. The second-order valence-corrected chi connectivity index (χ2v) is 5.64. The zero-order valence-electron chi connectivity index (χ0n) is 12.2. The summed E-state index contributed by atoms with van der Waals surface area (Å²) in [4.78, 5) is 0. The summed E-state index contributed by atoms with van der Waals surface area (Å²) in [5.74, 6) is 0.897. The van der Waals surface area contributed by atoms with E-state index >= 15 is 0 Å². The third-order valence-electron chi connectivity index (χ3n) is 3.49. The Morgan fingerprint density at radius 1 is 1.10 bits per heavy atom. The van der Waals surface area contributed by atoms with Gasteiger partial charge in [-0.2, -0.15) is 0 Å². The summed E-state index contributed by atoms with van der Waals surface area (Å²) in [7, 11) is 1.69. The van der Waals surface area contributed by atoms with Crippen LogP contribution in [0.15, 0.2) is 42.5 Å². The van der Waals surface area contributed by atoms with Crippen LogP contribution in [0, 0.1) is 0 Å². The maximum absolute atomic E-state index is 6.10. The van der Waals surface area contributed by atoms with Gasteiger partial charge in [-0.1, -0.05) is 54.4 Å². The van der Waals surface area contributed by atoms with Crippen LogP contribution in [0.2, 0.25) is 10.0 Å². The maximum Gasteiger partial charge on any atom is 0.123 e. The fraction of sp³-hybridized carbons (Fsp3) is 0.294. The predicted octanol–water partition coefficient (Wildman–Crippen LogP) is 5.24. The predicted molar refractivity (Wildman–Crippen MR) is 89.3 cm³/mol. The van der Waals surface area contributed by atoms with Crippen molar-refractivity contribution in [2.45, 2.75) is 25.9 Å². The van der Waals surface area contributed by atoms with E-state index < -0.39 is 0 Å². The minimum Gasteiger partial charge on any atom is -0.496 e. The normalized spacial score (nSPS) is 12.2. The molecule has 21 heavy (non-hydrogen) atoms. The Morgan fingerprint density at radius 3 is 2.52 bits per heavy atom. The molecular formula is C17H19Cl2NO. The van der Waals surface area contributed by atoms with Crippen molar-refractivity contribution >= 4 is 23.2 Å². The zero-order valence-corrected chi connectivity index (χ0v) is 13.7. The molecule has 0 spiro atoms. The molecule has 0 amide bonds. The van der Waals surface area contributed by atoms with E-state index in [4.69, 9.17) is 27.9 Å². The largest absolute Gasteiger partial charge is 0.496 e. The van der Waals surface area contributed by atoms with Crippen molar-refractivity contribution in [2.75, 3.05) is 7.11 Å². The lowest BCUT2D eigenvalue weighted by Gasteiger charge is -2.19. The van der Waals surface area contributed by atoms with Gasteiger partial charge in [0.2, 0.25) is 0 Å². The standard InChI is InChI=1S/C17H19Cl2NO/c1-3-16(12-8-9-14(18)15(19)10-12)20-11-13-6-4-5-7-17(13)21-2/h4-10,16,20H,3,11H2,1-2H3. The SMILES string of the molecule is CCC(NCc1ccccc1OC)c1ccc(Cl)c(Cl)c1. The first kappa shape index (κ1) is 16.2. The lowest BCUT2D eigenvalue weighted by molar-refractivity contribution is 0.404. The maximum atomic E-state index is 6.10. The zero-order chi connectivity index (χ0) is 15.2. The number of benzene rings is 2. The van der Waals surface area contributed by atoms with Gasteiger partial charge in [0.25, 0.3) is 0 Å². The summed E-state index contributed by atoms with van der Waals surface area (Å²) >= 11 is 12.1. The molecule has 0 heterocycles. The van der Waals surface area contributed by atoms with E-state index in [9.17, 15) is 0 Å². The number of para-hydroxylation sites is 1. The van der Waals surface area contributed by atoms with Gasteiger partial charge in [-0.15, -0.1) is 0 Å². The highest BCUT2D eigenvalue weighted by molar-refractivity contribution is 6.42. The summed E-state index contributed by atoms with van der Waals surface area (Å²) in [6.45, 7) is 2.88. The molecule has 0 bridgehead atoms. The summed E-state index contributed by atoms with van der Waals surface area (Å²) in [5.41, 5.74) is 2.28. The summed E-state index contributed by atoms with van der Waals surface area (Å²) < 4.78 is 5.37. The average molecular weight is 324 g/mol. The molecule has 1 N–H and O–H groups in total. The van der Waals surface area contributed by atoms with Crippen LogP contribution >= 0.6 is 23.2 Å². The van der Waals surface area contributed by atoms with Crippen LogP contribution in [0.3, 0.4) is 0 Å². The summed E-state index contributed by atoms with van der Waals surface area (Å²) in [6, 6.07) is 14.0. The monoisotopic (exact) mass is 323 g/mol. The molecule has 1 atom stereocenters. The van der Waals surface area contributed by atoms with Crippen molar-refractivity contribution in [3.05, 3.63) is 63.6 Å². The van der Waals surface area contributed by atoms with Crippen molar-refractivity contribution in [3.8, 4) is 5.75 Å². The highest BCUT2D eigenvalue weighted by atomic mass is 35.5. The highest BCUT2D eigenvalue weighted by Gasteiger charge is 2.11. The Hall–Kier alpha value is -1.22. The molecule has 0 aliphatic heterocycles. The third-order valence-corrected chi connectivity index (χ3v) is 4.22. The van der Waals surface area contributed by atoms with E-state index in [1.54, 1.807) is 7.11 Å². The molecule has 0 aliphatic rings. The molecular weight excluding hydrogens is 305 g/mol. The van der Waals surface area contributed by atoms with Crippen LogP contribution < -0.4 is 10.1 Å². The smallest absolute Gasteiger partial charge is 0.123 e. The number of methoxy groups -OCH3 is 1. The minimum absolute atomic E-state index is 0.227. The molecule has 0 saturated carbocycles. The second kappa shape index (κ2) is 7.69. The molecule has 2 rings (SSSR count). The Bertz CT molecular complexity index is 601. The lowest BCUT2D eigenvalue weighted by atomic mass is 10.0. The number of halogens is 2. The first-order valence-electron chi connectivity index (χ1n) is 6.96. The molecule has 0 fully saturated rings. The molecule has 1 unspecified atom stereocenters. The van der Waals surface area contributed by atoms with Gasteiger partial charge in [-0.25, -0.2) is 0 Å². The quantitative estimate of drug-likeness (QED) is 0.784. The van der Waals surface area contributed by atoms with Crippen molar-refractivity contribution in [3.63, 3.8) is 0 Å². The fourth-order valence-corrected chi connectivity index (χ4v) is 2.62. The molecule has 4 heteroatoms. The molecule has 0 aromatic heterocycles. The number of ether oxygens (including phenoxy) is 1. The highest BCUT2D eigenvalue weighted by Crippen LogP contribution is 2.27. The van der Waals surface area contributed by atoms with Gasteiger partial charge in [-0.05, 0) is 30.2 Å². The van der Waals surface area contributed by atoms with Crippen LogP contribution in [0.4, 0.5) is 0 Å². The third kappa shape index (κ3) is 4.13. The first-order chi connectivity index (χ1) is 10.2. The van der Waals surface area contributed by atoms with E-state index in [1.807, 2.05) is 36.4 Å². The molecule has 2 aromatic rings. The van der Waals surface area contributed by atoms with Crippen LogP contribution in [0.5, 0.6) is 5.75 Å². The van der Waals surface area contributed by atoms with E-state index in [-0.39, 0.29) is 6.04 Å². The topological polar surface area (TPSA) is 21.3 Å². The number of rotatable bonds is 6. The van der Waals surface area contributed by atoms with Crippen LogP contribution in [-0.4, -0.2) is 7.11 Å². The average Bonchev–Trinajstić information content (AvgIpc) is 2.51. The molecule has 0 aliphatic carbocycles. The Kier molecular flexibility index (Phi) is 5.92. The number of hydrogen-bond donors (Lipinski definition) is 1. The van der Waals surface area contributed by atoms with Crippen molar-refractivity contribution < 1.29 is 4.74 Å². The van der Waals surface area contributed by atoms with Crippen LogP contribution in [0.1, 0.15) is 30.5 Å². The molecule has 2 aromatic carbocycles. The van der Waals surface area contributed by atoms with Crippen LogP contribution in [-0.2, 0) is 6.54 Å². The summed E-state index contributed by atoms with van der Waals surface area (Å²) in [5, 5.41) is 4.71. The van der Waals surface area contributed by atoms with E-state index in [2.05, 4.69) is 18.3 Å². The summed E-state index contributed by atoms with van der Waals surface area (Å²) in [6.07, 6.45) is 0.965. The van der Waals surface area contributed by atoms with Gasteiger partial charge in [-0.3, -0.25) is 0 Å². The lowest BCUT2D eigenvalue weighted by Crippen LogP contribution is -2.20. The van der Waals surface area contributed by atoms with Crippen molar-refractivity contribution in [1.29, 1.82) is 0 Å². The van der Waals surface area contributed by atoms with Crippen molar-refractivity contribution in [1.82, 2.24) is 5.32 Å². The number of nitrogens with one attached hydrogen (secondary N) is 1. The minimum atomic E-state index is 0.227. The Morgan fingerprint density at radius 2 is 1.86 bits per heavy atom. The Labute approximate surface area is 136 Å². The first-order valence-corrected chi connectivity index (χ1v) is 7.71. The van der Waals surface area contributed by atoms with E-state index in [1.165, 1.54) is 0 Å². The molecule has 2 nitrogen and oxygen atoms in total. The van der Waals surface area contributed by atoms with E-state index in [0.29, 0.717) is 10.0 Å². The van der Waals surface area contributed by atoms with Gasteiger partial charge in [0, 0.05) is 18.2 Å². The van der Waals surface area contributed by atoms with Gasteiger partial charge in [0.1, 0.15) is 5.75 Å². The molecule has 0 saturated heterocycles. The second-order valence-electron chi connectivity index (χ2n) is 4.83. The molecule has 0 radical (unpaired) electrons.